The molecule has 1 aliphatic rings. The number of rotatable bonds is 9. The predicted octanol–water partition coefficient (Wildman–Crippen LogP) is 4.62. The summed E-state index contributed by atoms with van der Waals surface area (Å²) in [6, 6.07) is 21.6. The predicted molar refractivity (Wildman–Crippen MR) is 150 cm³/mol. The molecule has 1 saturated heterocycles. The van der Waals surface area contributed by atoms with Crippen LogP contribution in [-0.4, -0.2) is 46.3 Å². The highest BCUT2D eigenvalue weighted by molar-refractivity contribution is 5.96. The van der Waals surface area contributed by atoms with E-state index in [4.69, 9.17) is 10.00 Å². The molecule has 40 heavy (non-hydrogen) atoms. The van der Waals surface area contributed by atoms with Crippen LogP contribution in [0.2, 0.25) is 0 Å². The van der Waals surface area contributed by atoms with Gasteiger partial charge < -0.3 is 15.0 Å². The van der Waals surface area contributed by atoms with Crippen LogP contribution >= 0.6 is 0 Å². The number of carbonyl (C=O) groups is 3. The SMILES string of the molecule is CC(C)(NC(=O)c1ccc(C#N)cc1)C(C(=O)N1CCC(CC(=O)OCc2ccccc2)CC1)c1ccncc1. The van der Waals surface area contributed by atoms with Crippen LogP contribution in [0.3, 0.4) is 0 Å². The lowest BCUT2D eigenvalue weighted by Gasteiger charge is -2.40. The molecular formula is C32H34N4O4. The third kappa shape index (κ3) is 7.32. The van der Waals surface area contributed by atoms with E-state index in [1.54, 1.807) is 48.8 Å². The van der Waals surface area contributed by atoms with Gasteiger partial charge in [0.1, 0.15) is 6.61 Å². The second-order valence-electron chi connectivity index (χ2n) is 10.7. The Bertz CT molecular complexity index is 1340. The summed E-state index contributed by atoms with van der Waals surface area (Å²) in [6.45, 7) is 4.99. The molecule has 2 aromatic carbocycles. The summed E-state index contributed by atoms with van der Waals surface area (Å²) in [6.07, 6.45) is 5.01. The molecule has 1 atom stereocenters. The summed E-state index contributed by atoms with van der Waals surface area (Å²) < 4.78 is 5.45. The van der Waals surface area contributed by atoms with Gasteiger partial charge in [0.2, 0.25) is 5.91 Å². The number of ether oxygens (including phenoxy) is 1. The molecule has 0 bridgehead atoms. The monoisotopic (exact) mass is 538 g/mol. The smallest absolute Gasteiger partial charge is 0.306 e. The van der Waals surface area contributed by atoms with Crippen LogP contribution in [0.15, 0.2) is 79.1 Å². The lowest BCUT2D eigenvalue weighted by atomic mass is 9.80. The summed E-state index contributed by atoms with van der Waals surface area (Å²) in [7, 11) is 0. The van der Waals surface area contributed by atoms with Crippen LogP contribution in [0.1, 0.15) is 66.1 Å². The van der Waals surface area contributed by atoms with Crippen molar-refractivity contribution in [1.29, 1.82) is 5.26 Å². The molecule has 1 N–H and O–H groups in total. The zero-order chi connectivity index (χ0) is 28.5. The van der Waals surface area contributed by atoms with Gasteiger partial charge in [0.25, 0.3) is 5.91 Å². The number of aromatic nitrogens is 1. The lowest BCUT2D eigenvalue weighted by Crippen LogP contribution is -2.54. The Labute approximate surface area is 235 Å². The van der Waals surface area contributed by atoms with E-state index in [-0.39, 0.29) is 30.3 Å². The van der Waals surface area contributed by atoms with Crippen LogP contribution < -0.4 is 5.32 Å². The van der Waals surface area contributed by atoms with Crippen molar-refractivity contribution in [1.82, 2.24) is 15.2 Å². The van der Waals surface area contributed by atoms with E-state index in [0.717, 1.165) is 11.1 Å². The van der Waals surface area contributed by atoms with Crippen molar-refractivity contribution in [2.45, 2.75) is 51.2 Å². The third-order valence-electron chi connectivity index (χ3n) is 7.34. The minimum Gasteiger partial charge on any atom is -0.461 e. The summed E-state index contributed by atoms with van der Waals surface area (Å²) in [4.78, 5) is 45.4. The van der Waals surface area contributed by atoms with Gasteiger partial charge in [-0.05, 0) is 80.1 Å². The van der Waals surface area contributed by atoms with Crippen molar-refractivity contribution in [3.05, 3.63) is 101 Å². The Balaban J connectivity index is 1.39. The number of carbonyl (C=O) groups excluding carboxylic acids is 3. The second kappa shape index (κ2) is 13.0. The molecule has 4 rings (SSSR count). The van der Waals surface area contributed by atoms with Gasteiger partial charge in [-0.25, -0.2) is 0 Å². The molecule has 0 aliphatic carbocycles. The first-order valence-corrected chi connectivity index (χ1v) is 13.5. The van der Waals surface area contributed by atoms with E-state index < -0.39 is 11.5 Å². The fourth-order valence-electron chi connectivity index (χ4n) is 5.13. The molecule has 0 radical (unpaired) electrons. The number of piperidine rings is 1. The summed E-state index contributed by atoms with van der Waals surface area (Å²) >= 11 is 0. The molecule has 8 nitrogen and oxygen atoms in total. The highest BCUT2D eigenvalue weighted by Crippen LogP contribution is 2.32. The largest absolute Gasteiger partial charge is 0.461 e. The van der Waals surface area contributed by atoms with Crippen LogP contribution in [0.25, 0.3) is 0 Å². The average molecular weight is 539 g/mol. The summed E-state index contributed by atoms with van der Waals surface area (Å²) in [5.74, 6) is -1.13. The number of nitriles is 1. The summed E-state index contributed by atoms with van der Waals surface area (Å²) in [5.41, 5.74) is 1.66. The number of amides is 2. The van der Waals surface area contributed by atoms with E-state index in [1.807, 2.05) is 55.1 Å². The first-order valence-electron chi connectivity index (χ1n) is 13.5. The maximum absolute atomic E-state index is 14.0. The molecule has 1 unspecified atom stereocenters. The second-order valence-corrected chi connectivity index (χ2v) is 10.7. The molecule has 0 spiro atoms. The van der Waals surface area contributed by atoms with Gasteiger partial charge >= 0.3 is 5.97 Å². The van der Waals surface area contributed by atoms with Crippen LogP contribution in [0.4, 0.5) is 0 Å². The number of nitrogens with zero attached hydrogens (tertiary/aromatic N) is 3. The van der Waals surface area contributed by atoms with Gasteiger partial charge in [-0.3, -0.25) is 19.4 Å². The Morgan fingerprint density at radius 2 is 1.68 bits per heavy atom. The van der Waals surface area contributed by atoms with Crippen molar-refractivity contribution in [2.75, 3.05) is 13.1 Å². The van der Waals surface area contributed by atoms with Gasteiger partial charge in [-0.1, -0.05) is 30.3 Å². The molecule has 1 aliphatic heterocycles. The number of likely N-dealkylation sites (tertiary alicyclic amines) is 1. The fourth-order valence-corrected chi connectivity index (χ4v) is 5.13. The maximum atomic E-state index is 14.0. The molecule has 206 valence electrons. The zero-order valence-corrected chi connectivity index (χ0v) is 22.9. The minimum atomic E-state index is -0.929. The quantitative estimate of drug-likeness (QED) is 0.398. The number of hydrogen-bond donors (Lipinski definition) is 1. The first kappa shape index (κ1) is 28.5. The zero-order valence-electron chi connectivity index (χ0n) is 22.9. The lowest BCUT2D eigenvalue weighted by molar-refractivity contribution is -0.146. The highest BCUT2D eigenvalue weighted by atomic mass is 16.5. The van der Waals surface area contributed by atoms with E-state index >= 15 is 0 Å². The number of benzene rings is 2. The van der Waals surface area contributed by atoms with Crippen molar-refractivity contribution >= 4 is 17.8 Å². The molecule has 2 amide bonds. The molecule has 1 fully saturated rings. The minimum absolute atomic E-state index is 0.0820. The van der Waals surface area contributed by atoms with Gasteiger partial charge in [0, 0.05) is 37.5 Å². The Hall–Kier alpha value is -4.51. The van der Waals surface area contributed by atoms with Gasteiger partial charge in [-0.15, -0.1) is 0 Å². The standard InChI is InChI=1S/C32H34N4O4/c1-32(2,35-30(38)27-10-8-24(21-33)9-11-27)29(26-12-16-34-17-13-26)31(39)36-18-14-23(15-19-36)20-28(37)40-22-25-6-4-3-5-7-25/h3-13,16-17,23,29H,14-15,18-20,22H2,1-2H3,(H,35,38). The molecule has 1 aromatic heterocycles. The van der Waals surface area contributed by atoms with E-state index in [0.29, 0.717) is 43.5 Å². The normalized spacial score (nSPS) is 14.6. The van der Waals surface area contributed by atoms with Crippen LogP contribution in [0, 0.1) is 17.2 Å². The number of pyridine rings is 1. The van der Waals surface area contributed by atoms with Crippen molar-refractivity contribution < 1.29 is 19.1 Å². The third-order valence-corrected chi connectivity index (χ3v) is 7.34. The van der Waals surface area contributed by atoms with E-state index in [1.165, 1.54) is 0 Å². The molecule has 0 saturated carbocycles. The maximum Gasteiger partial charge on any atom is 0.306 e. The Morgan fingerprint density at radius 3 is 2.30 bits per heavy atom. The van der Waals surface area contributed by atoms with Gasteiger partial charge in [0.15, 0.2) is 0 Å². The van der Waals surface area contributed by atoms with Gasteiger partial charge in [-0.2, -0.15) is 5.26 Å². The number of hydrogen-bond acceptors (Lipinski definition) is 6. The number of nitrogens with one attached hydrogen (secondary N) is 1. The van der Waals surface area contributed by atoms with E-state index in [2.05, 4.69) is 10.3 Å². The van der Waals surface area contributed by atoms with Crippen LogP contribution in [0.5, 0.6) is 0 Å². The summed E-state index contributed by atoms with van der Waals surface area (Å²) in [5, 5.41) is 12.1. The topological polar surface area (TPSA) is 112 Å². The van der Waals surface area contributed by atoms with Crippen LogP contribution in [-0.2, 0) is 20.9 Å². The van der Waals surface area contributed by atoms with E-state index in [9.17, 15) is 14.4 Å². The Kier molecular flexibility index (Phi) is 9.28. The average Bonchev–Trinajstić information content (AvgIpc) is 2.97. The molecule has 3 aromatic rings. The molecule has 8 heteroatoms. The highest BCUT2D eigenvalue weighted by Gasteiger charge is 2.41. The number of esters is 1. The fraction of sp³-hybridized carbons (Fsp3) is 0.344. The first-order chi connectivity index (χ1) is 19.3. The van der Waals surface area contributed by atoms with Crippen molar-refractivity contribution in [3.8, 4) is 6.07 Å². The molecule has 2 heterocycles. The van der Waals surface area contributed by atoms with Gasteiger partial charge in [0.05, 0.1) is 23.1 Å². The van der Waals surface area contributed by atoms with Crippen molar-refractivity contribution in [3.63, 3.8) is 0 Å². The molecular weight excluding hydrogens is 504 g/mol. The van der Waals surface area contributed by atoms with Crippen molar-refractivity contribution in [2.24, 2.45) is 5.92 Å². The Morgan fingerprint density at radius 1 is 1.02 bits per heavy atom.